The van der Waals surface area contributed by atoms with E-state index in [0.717, 1.165) is 11.0 Å². The molecule has 2 unspecified atom stereocenters. The lowest BCUT2D eigenvalue weighted by Crippen LogP contribution is -2.54. The van der Waals surface area contributed by atoms with Gasteiger partial charge >= 0.3 is 22.4 Å². The first-order chi connectivity index (χ1) is 14.0. The Bertz CT molecular complexity index is 975. The molecule has 0 aromatic rings. The van der Waals surface area contributed by atoms with Gasteiger partial charge < -0.3 is 49.3 Å². The summed E-state index contributed by atoms with van der Waals surface area (Å²) in [5, 5.41) is 23.4. The molecule has 1 saturated heterocycles. The lowest BCUT2D eigenvalue weighted by atomic mass is 9.94. The van der Waals surface area contributed by atoms with Crippen LogP contribution in [0, 0.1) is 12.3 Å². The van der Waals surface area contributed by atoms with Crippen molar-refractivity contribution in [2.45, 2.75) is 24.0 Å². The highest BCUT2D eigenvalue weighted by atomic mass is 32.5. The van der Waals surface area contributed by atoms with E-state index in [2.05, 4.69) is 32.3 Å². The number of hydrogen-bond donors (Lipinski definition) is 7. The molecular weight excluding hydrogens is 505 g/mol. The molecule has 1 amide bonds. The SMILES string of the molecule is C#C[C@]1(O)[C@H](O)[C@@H](COP(O)(=S)OP(=O)(O)OP(=O)(O)O)O[C@H]1N1C=CC(=O)NC1=C. The van der Waals surface area contributed by atoms with E-state index in [4.69, 9.17) is 25.5 Å². The first-order valence-electron chi connectivity index (χ1n) is 7.78. The Kier molecular flexibility index (Phi) is 7.72. The molecule has 7 N–H and O–H groups in total. The van der Waals surface area contributed by atoms with Gasteiger partial charge in [0.1, 0.15) is 18.0 Å². The minimum absolute atomic E-state index is 0.0497. The molecule has 19 heteroatoms. The summed E-state index contributed by atoms with van der Waals surface area (Å²) in [6.07, 6.45) is 2.70. The molecule has 174 valence electrons. The number of terminal acetylenes is 1. The van der Waals surface area contributed by atoms with Crippen LogP contribution in [-0.4, -0.2) is 71.2 Å². The summed E-state index contributed by atoms with van der Waals surface area (Å²) in [6, 6.07) is 0. The number of aliphatic hydroxyl groups is 2. The van der Waals surface area contributed by atoms with Crippen molar-refractivity contribution >= 4 is 40.1 Å². The number of carbonyl (C=O) groups excluding carboxylic acids is 1. The van der Waals surface area contributed by atoms with Gasteiger partial charge in [-0.25, -0.2) is 13.4 Å². The predicted molar refractivity (Wildman–Crippen MR) is 103 cm³/mol. The van der Waals surface area contributed by atoms with Crippen LogP contribution in [0.3, 0.4) is 0 Å². The third-order valence-corrected chi connectivity index (χ3v) is 8.47. The topological polar surface area (TPSA) is 225 Å². The molecule has 0 radical (unpaired) electrons. The number of nitrogens with one attached hydrogen (secondary N) is 1. The number of hydrogen-bond acceptors (Lipinski definition) is 11. The molecule has 0 bridgehead atoms. The average Bonchev–Trinajstić information content (AvgIpc) is 2.82. The maximum atomic E-state index is 11.5. The second-order valence-electron chi connectivity index (χ2n) is 5.99. The standard InChI is InChI=1S/C12H17N2O13P3S/c1-3-12(17)10(16)8(25-11(12)14-5-4-9(15)13-7(14)2)6-24-30(23,31)27-29(21,22)26-28(18,19)20/h1,4-5,8,10-11,16-17H,2,6H2,(H,13,15)(H,21,22)(H,23,31)(H2,18,19,20)/t8-,10-,11-,12+,30?/m1/s1. The fourth-order valence-electron chi connectivity index (χ4n) is 2.51. The summed E-state index contributed by atoms with van der Waals surface area (Å²) in [5.74, 6) is 1.38. The van der Waals surface area contributed by atoms with Crippen LogP contribution in [0.5, 0.6) is 0 Å². The van der Waals surface area contributed by atoms with Gasteiger partial charge in [0.05, 0.1) is 6.61 Å². The molecule has 2 aliphatic rings. The van der Waals surface area contributed by atoms with E-state index in [9.17, 15) is 33.9 Å². The highest BCUT2D eigenvalue weighted by Gasteiger charge is 2.57. The van der Waals surface area contributed by atoms with Crippen molar-refractivity contribution in [3.8, 4) is 12.3 Å². The molecule has 0 aliphatic carbocycles. The zero-order valence-corrected chi connectivity index (χ0v) is 18.6. The molecule has 0 saturated carbocycles. The lowest BCUT2D eigenvalue weighted by molar-refractivity contribution is -0.120. The monoisotopic (exact) mass is 522 g/mol. The fraction of sp³-hybridized carbons (Fsp3) is 0.417. The molecule has 1 fully saturated rings. The Labute approximate surface area is 180 Å². The maximum absolute atomic E-state index is 11.5. The van der Waals surface area contributed by atoms with E-state index < -0.39 is 58.9 Å². The van der Waals surface area contributed by atoms with Crippen molar-refractivity contribution in [2.24, 2.45) is 0 Å². The maximum Gasteiger partial charge on any atom is 0.488 e. The number of ether oxygens (including phenoxy) is 1. The van der Waals surface area contributed by atoms with Crippen LogP contribution in [0.15, 0.2) is 24.7 Å². The zero-order valence-electron chi connectivity index (χ0n) is 15.1. The van der Waals surface area contributed by atoms with Gasteiger partial charge in [-0.2, -0.15) is 4.31 Å². The van der Waals surface area contributed by atoms with Crippen LogP contribution in [0.4, 0.5) is 0 Å². The van der Waals surface area contributed by atoms with Crippen molar-refractivity contribution < 1.29 is 61.6 Å². The summed E-state index contributed by atoms with van der Waals surface area (Å²) >= 11 is 4.46. The molecular formula is C12H17N2O13P3S. The first-order valence-corrected chi connectivity index (χ1v) is 13.4. The number of phosphoric acid groups is 2. The summed E-state index contributed by atoms with van der Waals surface area (Å²) in [5.41, 5.74) is -2.38. The molecule has 2 rings (SSSR count). The number of amides is 1. The van der Waals surface area contributed by atoms with E-state index in [-0.39, 0.29) is 5.82 Å². The van der Waals surface area contributed by atoms with Gasteiger partial charge in [-0.05, 0) is 11.8 Å². The van der Waals surface area contributed by atoms with Crippen LogP contribution in [-0.2, 0) is 43.6 Å². The molecule has 6 atom stereocenters. The Hall–Kier alpha value is -0.980. The summed E-state index contributed by atoms with van der Waals surface area (Å²) in [6.45, 7) is -1.98. The number of aliphatic hydroxyl groups excluding tert-OH is 1. The molecule has 0 spiro atoms. The highest BCUT2D eigenvalue weighted by Crippen LogP contribution is 2.66. The second kappa shape index (κ2) is 9.11. The first kappa shape index (κ1) is 26.3. The van der Waals surface area contributed by atoms with Crippen LogP contribution in [0.2, 0.25) is 0 Å². The number of rotatable bonds is 8. The summed E-state index contributed by atoms with van der Waals surface area (Å²) in [4.78, 5) is 48.7. The quantitative estimate of drug-likeness (QED) is 0.140. The van der Waals surface area contributed by atoms with E-state index in [1.54, 1.807) is 0 Å². The predicted octanol–water partition coefficient (Wildman–Crippen LogP) is -1.69. The van der Waals surface area contributed by atoms with Crippen molar-refractivity contribution in [3.63, 3.8) is 0 Å². The van der Waals surface area contributed by atoms with Gasteiger partial charge in [0, 0.05) is 12.3 Å². The van der Waals surface area contributed by atoms with Crippen LogP contribution in [0.25, 0.3) is 0 Å². The summed E-state index contributed by atoms with van der Waals surface area (Å²) in [7, 11) is -11.0. The fourth-order valence-corrected chi connectivity index (χ4v) is 6.49. The Morgan fingerprint density at radius 1 is 1.35 bits per heavy atom. The van der Waals surface area contributed by atoms with E-state index in [1.165, 1.54) is 6.20 Å². The van der Waals surface area contributed by atoms with Crippen molar-refractivity contribution in [1.82, 2.24) is 10.2 Å². The zero-order chi connectivity index (χ0) is 23.8. The van der Waals surface area contributed by atoms with Gasteiger partial charge in [0.2, 0.25) is 0 Å². The molecule has 31 heavy (non-hydrogen) atoms. The minimum atomic E-state index is -5.54. The smallest absolute Gasteiger partial charge is 0.386 e. The van der Waals surface area contributed by atoms with Crippen molar-refractivity contribution in [1.29, 1.82) is 0 Å². The molecule has 0 aromatic carbocycles. The Balaban J connectivity index is 2.13. The second-order valence-corrected chi connectivity index (χ2v) is 11.8. The third kappa shape index (κ3) is 6.52. The third-order valence-electron chi connectivity index (χ3n) is 3.75. The lowest BCUT2D eigenvalue weighted by Gasteiger charge is -2.36. The van der Waals surface area contributed by atoms with E-state index in [0.29, 0.717) is 0 Å². The van der Waals surface area contributed by atoms with Gasteiger partial charge in [-0.3, -0.25) is 4.79 Å². The van der Waals surface area contributed by atoms with Gasteiger partial charge in [0.15, 0.2) is 11.8 Å². The normalized spacial score (nSPS) is 32.8. The van der Waals surface area contributed by atoms with Gasteiger partial charge in [-0.15, -0.1) is 6.42 Å². The molecule has 15 nitrogen and oxygen atoms in total. The van der Waals surface area contributed by atoms with Crippen LogP contribution in [0.1, 0.15) is 0 Å². The molecule has 2 heterocycles. The van der Waals surface area contributed by atoms with Crippen LogP contribution < -0.4 is 5.32 Å². The van der Waals surface area contributed by atoms with Crippen LogP contribution >= 0.6 is 22.4 Å². The Morgan fingerprint density at radius 3 is 2.48 bits per heavy atom. The van der Waals surface area contributed by atoms with E-state index >= 15 is 0 Å². The van der Waals surface area contributed by atoms with Gasteiger partial charge in [0.25, 0.3) is 5.91 Å². The summed E-state index contributed by atoms with van der Waals surface area (Å²) < 4.78 is 39.9. The van der Waals surface area contributed by atoms with Crippen molar-refractivity contribution in [2.75, 3.05) is 6.61 Å². The molecule has 2 aliphatic heterocycles. The number of nitrogens with zero attached hydrogens (tertiary/aromatic N) is 1. The number of carbonyl (C=O) groups is 1. The minimum Gasteiger partial charge on any atom is -0.386 e. The highest BCUT2D eigenvalue weighted by molar-refractivity contribution is 8.08. The van der Waals surface area contributed by atoms with Crippen molar-refractivity contribution in [3.05, 3.63) is 24.7 Å². The van der Waals surface area contributed by atoms with Gasteiger partial charge in [-0.1, -0.05) is 12.5 Å². The largest absolute Gasteiger partial charge is 0.488 e. The molecule has 0 aromatic heterocycles. The van der Waals surface area contributed by atoms with E-state index in [1.807, 2.05) is 5.92 Å². The Morgan fingerprint density at radius 2 is 1.97 bits per heavy atom. The average molecular weight is 522 g/mol.